The maximum absolute atomic E-state index is 11.9. The Morgan fingerprint density at radius 1 is 1.29 bits per heavy atom. The third-order valence-corrected chi connectivity index (χ3v) is 6.14. The molecule has 3 N–H and O–H groups in total. The van der Waals surface area contributed by atoms with E-state index in [2.05, 4.69) is 40.5 Å². The Morgan fingerprint density at radius 2 is 2.00 bits per heavy atom. The normalized spacial score (nSPS) is 13.0. The van der Waals surface area contributed by atoms with Crippen LogP contribution in [0, 0.1) is 0 Å². The van der Waals surface area contributed by atoms with E-state index in [1.165, 1.54) is 7.05 Å². The first-order chi connectivity index (χ1) is 11.2. The van der Waals surface area contributed by atoms with Gasteiger partial charge in [0.25, 0.3) is 0 Å². The number of nitrogens with one attached hydrogen (secondary N) is 3. The first kappa shape index (κ1) is 20.8. The van der Waals surface area contributed by atoms with Crippen LogP contribution in [0.3, 0.4) is 0 Å². The fourth-order valence-electron chi connectivity index (χ4n) is 1.81. The van der Waals surface area contributed by atoms with Crippen LogP contribution in [0.5, 0.6) is 0 Å². The molecular weight excluding hydrogens is 344 g/mol. The molecule has 0 aliphatic carbocycles. The van der Waals surface area contributed by atoms with Crippen molar-refractivity contribution in [3.05, 3.63) is 29.8 Å². The summed E-state index contributed by atoms with van der Waals surface area (Å²) in [5.74, 6) is 0.724. The highest BCUT2D eigenvalue weighted by Gasteiger charge is 2.16. The van der Waals surface area contributed by atoms with E-state index in [-0.39, 0.29) is 9.64 Å². The van der Waals surface area contributed by atoms with Gasteiger partial charge in [0.05, 0.1) is 11.4 Å². The van der Waals surface area contributed by atoms with Crippen molar-refractivity contribution in [3.8, 4) is 0 Å². The number of nitrogens with zero attached hydrogens (tertiary/aromatic N) is 1. The zero-order valence-corrected chi connectivity index (χ0v) is 16.6. The molecule has 0 atom stereocenters. The predicted octanol–water partition coefficient (Wildman–Crippen LogP) is 1.79. The van der Waals surface area contributed by atoms with Crippen LogP contribution in [0.25, 0.3) is 0 Å². The molecule has 0 heterocycles. The standard InChI is InChI=1S/C16H28N4O2S2/c1-6-18-15(20-12-16(2,3)23-5)19-11-13-8-7-9-14(10-13)24(21,22)17-4/h7-10,17H,6,11-12H2,1-5H3,(H2,18,19,20). The van der Waals surface area contributed by atoms with Gasteiger partial charge >= 0.3 is 0 Å². The fourth-order valence-corrected chi connectivity index (χ4v) is 2.83. The number of guanidine groups is 1. The maximum Gasteiger partial charge on any atom is 0.240 e. The minimum Gasteiger partial charge on any atom is -0.357 e. The molecule has 1 aromatic carbocycles. The quantitative estimate of drug-likeness (QED) is 0.479. The van der Waals surface area contributed by atoms with Gasteiger partial charge in [-0.25, -0.2) is 18.1 Å². The summed E-state index contributed by atoms with van der Waals surface area (Å²) >= 11 is 1.79. The number of sulfonamides is 1. The molecular formula is C16H28N4O2S2. The van der Waals surface area contributed by atoms with Crippen molar-refractivity contribution >= 4 is 27.7 Å². The number of aliphatic imine (C=N–C) groups is 1. The van der Waals surface area contributed by atoms with Crippen molar-refractivity contribution in [2.75, 3.05) is 26.4 Å². The molecule has 0 aromatic heterocycles. The Morgan fingerprint density at radius 3 is 2.58 bits per heavy atom. The van der Waals surface area contributed by atoms with Crippen molar-refractivity contribution in [2.45, 2.75) is 37.0 Å². The van der Waals surface area contributed by atoms with E-state index in [1.807, 2.05) is 13.0 Å². The highest BCUT2D eigenvalue weighted by molar-refractivity contribution is 7.99. The van der Waals surface area contributed by atoms with Crippen molar-refractivity contribution in [3.63, 3.8) is 0 Å². The molecule has 24 heavy (non-hydrogen) atoms. The highest BCUT2D eigenvalue weighted by atomic mass is 32.2. The number of hydrogen-bond donors (Lipinski definition) is 3. The number of rotatable bonds is 8. The summed E-state index contributed by atoms with van der Waals surface area (Å²) in [6, 6.07) is 6.81. The molecule has 6 nitrogen and oxygen atoms in total. The summed E-state index contributed by atoms with van der Waals surface area (Å²) < 4.78 is 26.2. The third kappa shape index (κ3) is 6.70. The molecule has 0 bridgehead atoms. The van der Waals surface area contributed by atoms with Gasteiger partial charge < -0.3 is 10.6 Å². The van der Waals surface area contributed by atoms with Gasteiger partial charge in [0.15, 0.2) is 5.96 Å². The molecule has 0 saturated heterocycles. The van der Waals surface area contributed by atoms with Crippen molar-refractivity contribution in [2.24, 2.45) is 4.99 Å². The zero-order valence-electron chi connectivity index (χ0n) is 15.0. The molecule has 1 rings (SSSR count). The molecule has 0 amide bonds. The Hall–Kier alpha value is -1.25. The smallest absolute Gasteiger partial charge is 0.240 e. The second-order valence-corrected chi connectivity index (χ2v) is 9.27. The average Bonchev–Trinajstić information content (AvgIpc) is 2.57. The van der Waals surface area contributed by atoms with Crippen molar-refractivity contribution in [1.29, 1.82) is 0 Å². The molecule has 0 aliphatic rings. The van der Waals surface area contributed by atoms with Crippen LogP contribution in [0.4, 0.5) is 0 Å². The number of hydrogen-bond acceptors (Lipinski definition) is 4. The van der Waals surface area contributed by atoms with E-state index in [0.717, 1.165) is 24.6 Å². The molecule has 136 valence electrons. The van der Waals surface area contributed by atoms with Gasteiger partial charge in [-0.1, -0.05) is 12.1 Å². The molecule has 8 heteroatoms. The summed E-state index contributed by atoms with van der Waals surface area (Å²) in [5, 5.41) is 6.53. The van der Waals surface area contributed by atoms with Crippen LogP contribution in [-0.4, -0.2) is 45.5 Å². The SMILES string of the molecule is CCNC(=NCc1cccc(S(=O)(=O)NC)c1)NCC(C)(C)SC. The molecule has 0 radical (unpaired) electrons. The molecule has 0 saturated carbocycles. The first-order valence-corrected chi connectivity index (χ1v) is 10.5. The maximum atomic E-state index is 11.9. The third-order valence-electron chi connectivity index (χ3n) is 3.48. The Labute approximate surface area is 150 Å². The largest absolute Gasteiger partial charge is 0.357 e. The van der Waals surface area contributed by atoms with Crippen LogP contribution in [0.15, 0.2) is 34.2 Å². The van der Waals surface area contributed by atoms with Crippen LogP contribution < -0.4 is 15.4 Å². The molecule has 0 aliphatic heterocycles. The monoisotopic (exact) mass is 372 g/mol. The van der Waals surface area contributed by atoms with Gasteiger partial charge in [0.2, 0.25) is 10.0 Å². The van der Waals surface area contributed by atoms with E-state index in [0.29, 0.717) is 6.54 Å². The summed E-state index contributed by atoms with van der Waals surface area (Å²) in [5.41, 5.74) is 0.840. The van der Waals surface area contributed by atoms with Crippen LogP contribution >= 0.6 is 11.8 Å². The van der Waals surface area contributed by atoms with Gasteiger partial charge in [-0.15, -0.1) is 0 Å². The number of benzene rings is 1. The fraction of sp³-hybridized carbons (Fsp3) is 0.562. The summed E-state index contributed by atoms with van der Waals surface area (Å²) in [6.45, 7) is 8.30. The highest BCUT2D eigenvalue weighted by Crippen LogP contribution is 2.19. The van der Waals surface area contributed by atoms with E-state index < -0.39 is 10.0 Å². The first-order valence-electron chi connectivity index (χ1n) is 7.84. The molecule has 0 unspecified atom stereocenters. The Balaban J connectivity index is 2.85. The van der Waals surface area contributed by atoms with Crippen molar-refractivity contribution in [1.82, 2.24) is 15.4 Å². The van der Waals surface area contributed by atoms with E-state index >= 15 is 0 Å². The lowest BCUT2D eigenvalue weighted by Gasteiger charge is -2.23. The van der Waals surface area contributed by atoms with Gasteiger partial charge in [-0.2, -0.15) is 11.8 Å². The lowest BCUT2D eigenvalue weighted by atomic mass is 10.2. The van der Waals surface area contributed by atoms with Crippen LogP contribution in [0.1, 0.15) is 26.3 Å². The van der Waals surface area contributed by atoms with Crippen molar-refractivity contribution < 1.29 is 8.42 Å². The van der Waals surface area contributed by atoms with E-state index in [9.17, 15) is 8.42 Å². The minimum absolute atomic E-state index is 0.108. The van der Waals surface area contributed by atoms with Crippen LogP contribution in [0.2, 0.25) is 0 Å². The average molecular weight is 373 g/mol. The zero-order chi connectivity index (χ0) is 18.2. The summed E-state index contributed by atoms with van der Waals surface area (Å²) in [7, 11) is -2.03. The summed E-state index contributed by atoms with van der Waals surface area (Å²) in [6.07, 6.45) is 2.08. The van der Waals surface area contributed by atoms with E-state index in [4.69, 9.17) is 0 Å². The van der Waals surface area contributed by atoms with Crippen LogP contribution in [-0.2, 0) is 16.6 Å². The molecule has 1 aromatic rings. The second kappa shape index (κ2) is 9.29. The Bertz CT molecular complexity index is 658. The lowest BCUT2D eigenvalue weighted by Crippen LogP contribution is -2.43. The Kier molecular flexibility index (Phi) is 8.05. The number of thioether (sulfide) groups is 1. The minimum atomic E-state index is -3.43. The van der Waals surface area contributed by atoms with Gasteiger partial charge in [0, 0.05) is 17.8 Å². The van der Waals surface area contributed by atoms with E-state index in [1.54, 1.807) is 30.0 Å². The topological polar surface area (TPSA) is 82.6 Å². The lowest BCUT2D eigenvalue weighted by molar-refractivity contribution is 0.588. The van der Waals surface area contributed by atoms with Gasteiger partial charge in [0.1, 0.15) is 0 Å². The second-order valence-electron chi connectivity index (χ2n) is 5.87. The van der Waals surface area contributed by atoms with Gasteiger partial charge in [-0.05, 0) is 51.8 Å². The summed E-state index contributed by atoms with van der Waals surface area (Å²) in [4.78, 5) is 4.79. The molecule has 0 fully saturated rings. The molecule has 0 spiro atoms. The predicted molar refractivity (Wildman–Crippen MR) is 103 cm³/mol. The van der Waals surface area contributed by atoms with Gasteiger partial charge in [-0.3, -0.25) is 0 Å².